The van der Waals surface area contributed by atoms with Crippen LogP contribution in [0, 0.1) is 6.92 Å². The highest BCUT2D eigenvalue weighted by Gasteiger charge is 2.24. The van der Waals surface area contributed by atoms with Gasteiger partial charge in [-0.2, -0.15) is 0 Å². The van der Waals surface area contributed by atoms with E-state index in [1.165, 1.54) is 11.6 Å². The molecule has 0 spiro atoms. The molecule has 1 saturated heterocycles. The van der Waals surface area contributed by atoms with Crippen molar-refractivity contribution in [2.75, 3.05) is 36.4 Å². The van der Waals surface area contributed by atoms with Gasteiger partial charge < -0.3 is 15.1 Å². The van der Waals surface area contributed by atoms with Gasteiger partial charge in [0.15, 0.2) is 5.11 Å². The minimum absolute atomic E-state index is 0.0628. The summed E-state index contributed by atoms with van der Waals surface area (Å²) in [4.78, 5) is 29.3. The monoisotopic (exact) mass is 560 g/mol. The Morgan fingerprint density at radius 3 is 2.31 bits per heavy atom. The maximum Gasteiger partial charge on any atom is 0.254 e. The van der Waals surface area contributed by atoms with Crippen molar-refractivity contribution in [2.24, 2.45) is 0 Å². The van der Waals surface area contributed by atoms with E-state index in [-0.39, 0.29) is 16.9 Å². The molecule has 2 amide bonds. The fraction of sp³-hybridized carbons (Fsp3) is 0.258. The first-order valence-electron chi connectivity index (χ1n) is 13.0. The molecule has 3 aromatic rings. The highest BCUT2D eigenvalue weighted by Crippen LogP contribution is 2.30. The van der Waals surface area contributed by atoms with Gasteiger partial charge in [-0.25, -0.2) is 0 Å². The summed E-state index contributed by atoms with van der Waals surface area (Å²) in [5, 5.41) is 6.43. The Morgan fingerprint density at radius 2 is 1.67 bits per heavy atom. The van der Waals surface area contributed by atoms with Crippen LogP contribution < -0.4 is 15.5 Å². The largest absolute Gasteiger partial charge is 0.367 e. The van der Waals surface area contributed by atoms with Crippen molar-refractivity contribution in [3.8, 4) is 0 Å². The number of amides is 2. The second kappa shape index (κ2) is 12.9. The molecule has 0 bridgehead atoms. The van der Waals surface area contributed by atoms with Gasteiger partial charge in [-0.3, -0.25) is 14.9 Å². The lowest BCUT2D eigenvalue weighted by Crippen LogP contribution is -2.49. The molecule has 0 radical (unpaired) electrons. The SMILES string of the molecule is Cc1ccccc1C(=O)N1CCN(c2ccc(NC(=S)NC(=O)C=Cc3ccc(C(C)C)cc3)cc2Cl)CC1. The number of hydrogen-bond acceptors (Lipinski definition) is 4. The molecule has 0 unspecified atom stereocenters. The number of piperazine rings is 1. The molecule has 6 nitrogen and oxygen atoms in total. The van der Waals surface area contributed by atoms with Crippen LogP contribution >= 0.6 is 23.8 Å². The van der Waals surface area contributed by atoms with Crippen LogP contribution in [-0.4, -0.2) is 48.0 Å². The molecule has 0 aliphatic carbocycles. The minimum atomic E-state index is -0.318. The molecule has 0 atom stereocenters. The maximum atomic E-state index is 12.9. The number of rotatable bonds is 6. The first-order valence-corrected chi connectivity index (χ1v) is 13.8. The normalized spacial score (nSPS) is 13.6. The number of thiocarbonyl (C=S) groups is 1. The van der Waals surface area contributed by atoms with Crippen molar-refractivity contribution in [1.82, 2.24) is 10.2 Å². The van der Waals surface area contributed by atoms with Crippen LogP contribution in [0.15, 0.2) is 72.8 Å². The molecular formula is C31H33ClN4O2S. The van der Waals surface area contributed by atoms with E-state index in [1.807, 2.05) is 60.4 Å². The molecule has 1 fully saturated rings. The van der Waals surface area contributed by atoms with Crippen LogP contribution in [0.3, 0.4) is 0 Å². The second-order valence-corrected chi connectivity index (χ2v) is 10.7. The summed E-state index contributed by atoms with van der Waals surface area (Å²) in [5.41, 5.74) is 5.50. The van der Waals surface area contributed by atoms with Gasteiger partial charge in [0.1, 0.15) is 0 Å². The predicted octanol–water partition coefficient (Wildman–Crippen LogP) is 6.26. The van der Waals surface area contributed by atoms with Gasteiger partial charge >= 0.3 is 0 Å². The molecular weight excluding hydrogens is 528 g/mol. The van der Waals surface area contributed by atoms with Gasteiger partial charge in [-0.1, -0.05) is 67.9 Å². The van der Waals surface area contributed by atoms with Crippen LogP contribution in [0.2, 0.25) is 5.02 Å². The molecule has 4 rings (SSSR count). The third-order valence-corrected chi connectivity index (χ3v) is 7.26. The van der Waals surface area contributed by atoms with Gasteiger partial charge in [-0.05, 0) is 72.1 Å². The van der Waals surface area contributed by atoms with E-state index in [9.17, 15) is 9.59 Å². The minimum Gasteiger partial charge on any atom is -0.367 e. The van der Waals surface area contributed by atoms with E-state index in [4.69, 9.17) is 23.8 Å². The Hall–Kier alpha value is -3.68. The molecule has 2 N–H and O–H groups in total. The third kappa shape index (κ3) is 7.46. The number of halogens is 1. The van der Waals surface area contributed by atoms with E-state index in [0.717, 1.165) is 22.4 Å². The van der Waals surface area contributed by atoms with Crippen LogP contribution in [-0.2, 0) is 4.79 Å². The Morgan fingerprint density at radius 1 is 0.974 bits per heavy atom. The lowest BCUT2D eigenvalue weighted by atomic mass is 10.0. The summed E-state index contributed by atoms with van der Waals surface area (Å²) >= 11 is 11.9. The number of carbonyl (C=O) groups excluding carboxylic acids is 2. The van der Waals surface area contributed by atoms with Crippen LogP contribution in [0.25, 0.3) is 6.08 Å². The van der Waals surface area contributed by atoms with E-state index in [1.54, 1.807) is 12.1 Å². The highest BCUT2D eigenvalue weighted by atomic mass is 35.5. The number of carbonyl (C=O) groups is 2. The van der Waals surface area contributed by atoms with E-state index in [2.05, 4.69) is 41.5 Å². The molecule has 8 heteroatoms. The first kappa shape index (κ1) is 28.3. The van der Waals surface area contributed by atoms with Gasteiger partial charge in [0.25, 0.3) is 5.91 Å². The third-order valence-electron chi connectivity index (χ3n) is 6.76. The number of anilines is 2. The topological polar surface area (TPSA) is 64.7 Å². The number of benzene rings is 3. The maximum absolute atomic E-state index is 12.9. The highest BCUT2D eigenvalue weighted by molar-refractivity contribution is 7.80. The van der Waals surface area contributed by atoms with Gasteiger partial charge in [-0.15, -0.1) is 0 Å². The van der Waals surface area contributed by atoms with Gasteiger partial charge in [0.05, 0.1) is 10.7 Å². The molecule has 0 aromatic heterocycles. The quantitative estimate of drug-likeness (QED) is 0.275. The zero-order valence-electron chi connectivity index (χ0n) is 22.4. The Labute approximate surface area is 240 Å². The number of nitrogens with one attached hydrogen (secondary N) is 2. The van der Waals surface area contributed by atoms with E-state index in [0.29, 0.717) is 42.8 Å². The zero-order chi connectivity index (χ0) is 27.9. The van der Waals surface area contributed by atoms with Crippen LogP contribution in [0.4, 0.5) is 11.4 Å². The first-order chi connectivity index (χ1) is 18.7. The standard InChI is InChI=1S/C31H33ClN4O2S/c1-21(2)24-11-8-23(9-12-24)10-15-29(37)34-31(39)33-25-13-14-28(27(32)20-25)35-16-18-36(19-17-35)30(38)26-7-5-4-6-22(26)3/h4-15,20-21H,16-19H2,1-3H3,(H2,33,34,37,39). The lowest BCUT2D eigenvalue weighted by Gasteiger charge is -2.36. The summed E-state index contributed by atoms with van der Waals surface area (Å²) in [6.07, 6.45) is 3.21. The molecule has 1 heterocycles. The second-order valence-electron chi connectivity index (χ2n) is 9.86. The van der Waals surface area contributed by atoms with Crippen molar-refractivity contribution in [3.05, 3.63) is 100 Å². The molecule has 39 heavy (non-hydrogen) atoms. The molecule has 3 aromatic carbocycles. The summed E-state index contributed by atoms with van der Waals surface area (Å²) in [6, 6.07) is 21.3. The van der Waals surface area contributed by atoms with Crippen molar-refractivity contribution >= 4 is 58.2 Å². The number of aryl methyl sites for hydroxylation is 1. The Balaban J connectivity index is 1.28. The van der Waals surface area contributed by atoms with Crippen LogP contribution in [0.1, 0.15) is 46.8 Å². The molecule has 1 aliphatic heterocycles. The van der Waals surface area contributed by atoms with Crippen molar-refractivity contribution < 1.29 is 9.59 Å². The lowest BCUT2D eigenvalue weighted by molar-refractivity contribution is -0.115. The van der Waals surface area contributed by atoms with Gasteiger partial charge in [0, 0.05) is 43.5 Å². The van der Waals surface area contributed by atoms with E-state index >= 15 is 0 Å². The molecule has 0 saturated carbocycles. The number of hydrogen-bond donors (Lipinski definition) is 2. The Bertz CT molecular complexity index is 1380. The zero-order valence-corrected chi connectivity index (χ0v) is 24.0. The summed E-state index contributed by atoms with van der Waals surface area (Å²) in [6.45, 7) is 8.86. The average molecular weight is 561 g/mol. The van der Waals surface area contributed by atoms with Crippen molar-refractivity contribution in [3.63, 3.8) is 0 Å². The van der Waals surface area contributed by atoms with Gasteiger partial charge in [0.2, 0.25) is 5.91 Å². The fourth-order valence-corrected chi connectivity index (χ4v) is 4.97. The predicted molar refractivity (Wildman–Crippen MR) is 165 cm³/mol. The number of nitrogens with zero attached hydrogens (tertiary/aromatic N) is 2. The molecule has 1 aliphatic rings. The Kier molecular flexibility index (Phi) is 9.38. The van der Waals surface area contributed by atoms with Crippen molar-refractivity contribution in [1.29, 1.82) is 0 Å². The fourth-order valence-electron chi connectivity index (χ4n) is 4.45. The summed E-state index contributed by atoms with van der Waals surface area (Å²) < 4.78 is 0. The van der Waals surface area contributed by atoms with E-state index < -0.39 is 0 Å². The van der Waals surface area contributed by atoms with Crippen molar-refractivity contribution in [2.45, 2.75) is 26.7 Å². The smallest absolute Gasteiger partial charge is 0.254 e. The molecule has 202 valence electrons. The summed E-state index contributed by atoms with van der Waals surface area (Å²) in [5.74, 6) is 0.205. The summed E-state index contributed by atoms with van der Waals surface area (Å²) in [7, 11) is 0. The van der Waals surface area contributed by atoms with Crippen LogP contribution in [0.5, 0.6) is 0 Å². The average Bonchev–Trinajstić information content (AvgIpc) is 2.92.